The van der Waals surface area contributed by atoms with Gasteiger partial charge in [-0.05, 0) is 41.9 Å². The quantitative estimate of drug-likeness (QED) is 0.353. The molecule has 0 aliphatic rings. The van der Waals surface area contributed by atoms with Crippen LogP contribution in [-0.2, 0) is 19.4 Å². The number of unbranched alkanes of at least 4 members (excludes halogenated alkanes) is 1. The highest BCUT2D eigenvalue weighted by Crippen LogP contribution is 2.30. The maximum Gasteiger partial charge on any atom is 0.439 e. The monoisotopic (exact) mass is 486 g/mol. The van der Waals surface area contributed by atoms with E-state index in [1.807, 2.05) is 47.9 Å². The van der Waals surface area contributed by atoms with Gasteiger partial charge in [0, 0.05) is 24.1 Å². The zero-order valence-corrected chi connectivity index (χ0v) is 21.7. The van der Waals surface area contributed by atoms with Gasteiger partial charge in [-0.2, -0.15) is 0 Å². The van der Waals surface area contributed by atoms with E-state index in [9.17, 15) is 9.59 Å². The van der Waals surface area contributed by atoms with Crippen LogP contribution >= 0.6 is 0 Å². The van der Waals surface area contributed by atoms with E-state index in [1.165, 1.54) is 0 Å². The van der Waals surface area contributed by atoms with Gasteiger partial charge in [0.15, 0.2) is 5.82 Å². The van der Waals surface area contributed by atoms with E-state index >= 15 is 0 Å². The van der Waals surface area contributed by atoms with Gasteiger partial charge in [-0.15, -0.1) is 0 Å². The lowest BCUT2D eigenvalue weighted by Gasteiger charge is -2.23. The molecule has 1 N–H and O–H groups in total. The van der Waals surface area contributed by atoms with Crippen molar-refractivity contribution < 1.29 is 4.52 Å². The molecule has 7 heteroatoms. The largest absolute Gasteiger partial charge is 0.439 e. The minimum Gasteiger partial charge on any atom is -0.296 e. The number of hydrogen-bond donors (Lipinski definition) is 1. The zero-order chi connectivity index (χ0) is 25.9. The predicted octanol–water partition coefficient (Wildman–Crippen LogP) is 5.54. The minimum absolute atomic E-state index is 0.0262. The second-order valence-electron chi connectivity index (χ2n) is 10.5. The summed E-state index contributed by atoms with van der Waals surface area (Å²) < 4.78 is 6.52. The van der Waals surface area contributed by atoms with Crippen LogP contribution in [0.2, 0.25) is 0 Å². The summed E-state index contributed by atoms with van der Waals surface area (Å²) in [5.41, 5.74) is 5.48. The number of nitrogens with zero attached hydrogens (tertiary/aromatic N) is 3. The molecule has 2 heterocycles. The van der Waals surface area contributed by atoms with Crippen molar-refractivity contribution in [3.63, 3.8) is 0 Å². The average Bonchev–Trinajstić information content (AvgIpc) is 3.28. The van der Waals surface area contributed by atoms with Crippen molar-refractivity contribution >= 4 is 0 Å². The summed E-state index contributed by atoms with van der Waals surface area (Å²) in [5.74, 6) is 0.589. The Kier molecular flexibility index (Phi) is 7.38. The number of aromatic amines is 1. The summed E-state index contributed by atoms with van der Waals surface area (Å²) in [6, 6.07) is 15.9. The number of H-pyrrole nitrogens is 1. The summed E-state index contributed by atoms with van der Waals surface area (Å²) in [4.78, 5) is 32.6. The second-order valence-corrected chi connectivity index (χ2v) is 10.5. The van der Waals surface area contributed by atoms with Gasteiger partial charge in [-0.25, -0.2) is 9.78 Å². The molecule has 0 amide bonds. The molecule has 0 atom stereocenters. The zero-order valence-electron chi connectivity index (χ0n) is 21.7. The standard InChI is InChI=1S/C29H34N4O3/c1-6-7-12-25-24(27(34)33(19(2)30-25)18-29(3,4)5)17-20-13-15-21(16-14-20)22-10-8-9-11-23(22)26-31-28(35)36-32-26/h8-11,13-16H,6-7,12,17-18H2,1-5H3,(H,31,32,35). The number of aromatic nitrogens is 4. The second kappa shape index (κ2) is 10.5. The molecule has 0 saturated heterocycles. The molecule has 2 aromatic carbocycles. The van der Waals surface area contributed by atoms with Crippen LogP contribution in [-0.4, -0.2) is 19.7 Å². The number of benzene rings is 2. The highest BCUT2D eigenvalue weighted by molar-refractivity contribution is 5.80. The van der Waals surface area contributed by atoms with Gasteiger partial charge in [0.05, 0.1) is 5.69 Å². The molecule has 0 spiro atoms. The number of rotatable bonds is 8. The van der Waals surface area contributed by atoms with Gasteiger partial charge in [-0.1, -0.05) is 87.8 Å². The predicted molar refractivity (Wildman–Crippen MR) is 142 cm³/mol. The Labute approximate surface area is 211 Å². The van der Waals surface area contributed by atoms with Crippen molar-refractivity contribution in [1.29, 1.82) is 0 Å². The average molecular weight is 487 g/mol. The molecule has 0 saturated carbocycles. The van der Waals surface area contributed by atoms with Gasteiger partial charge >= 0.3 is 5.76 Å². The summed E-state index contributed by atoms with van der Waals surface area (Å²) in [5, 5.41) is 3.84. The molecular weight excluding hydrogens is 452 g/mol. The van der Waals surface area contributed by atoms with Crippen LogP contribution in [0.15, 0.2) is 62.6 Å². The number of nitrogens with one attached hydrogen (secondary N) is 1. The van der Waals surface area contributed by atoms with E-state index in [1.54, 1.807) is 0 Å². The first-order chi connectivity index (χ1) is 17.2. The molecule has 0 fully saturated rings. The fraction of sp³-hybridized carbons (Fsp3) is 0.379. The fourth-order valence-corrected chi connectivity index (χ4v) is 4.44. The Morgan fingerprint density at radius 3 is 2.31 bits per heavy atom. The third kappa shape index (κ3) is 5.73. The van der Waals surface area contributed by atoms with Crippen LogP contribution in [0, 0.1) is 12.3 Å². The van der Waals surface area contributed by atoms with Crippen molar-refractivity contribution in [2.24, 2.45) is 5.41 Å². The molecule has 0 aliphatic carbocycles. The third-order valence-corrected chi connectivity index (χ3v) is 6.21. The highest BCUT2D eigenvalue weighted by Gasteiger charge is 2.19. The van der Waals surface area contributed by atoms with E-state index in [0.717, 1.165) is 58.6 Å². The summed E-state index contributed by atoms with van der Waals surface area (Å²) in [7, 11) is 0. The SMILES string of the molecule is CCCCc1nc(C)n(CC(C)(C)C)c(=O)c1Cc1ccc(-c2ccccc2-c2noc(=O)[nH]2)cc1. The maximum atomic E-state index is 13.6. The lowest BCUT2D eigenvalue weighted by molar-refractivity contribution is 0.330. The normalized spacial score (nSPS) is 11.7. The molecular formula is C29H34N4O3. The molecule has 4 rings (SSSR count). The van der Waals surface area contributed by atoms with Crippen molar-refractivity contribution in [2.75, 3.05) is 0 Å². The fourth-order valence-electron chi connectivity index (χ4n) is 4.44. The summed E-state index contributed by atoms with van der Waals surface area (Å²) in [6.07, 6.45) is 3.39. The lowest BCUT2D eigenvalue weighted by atomic mass is 9.95. The Balaban J connectivity index is 1.69. The first-order valence-corrected chi connectivity index (χ1v) is 12.5. The van der Waals surface area contributed by atoms with E-state index in [2.05, 4.69) is 50.0 Å². The maximum absolute atomic E-state index is 13.6. The van der Waals surface area contributed by atoms with Crippen LogP contribution in [0.1, 0.15) is 63.2 Å². The van der Waals surface area contributed by atoms with Gasteiger partial charge in [0.25, 0.3) is 5.56 Å². The van der Waals surface area contributed by atoms with Gasteiger partial charge in [-0.3, -0.25) is 18.9 Å². The van der Waals surface area contributed by atoms with Crippen molar-refractivity contribution in [1.82, 2.24) is 19.7 Å². The molecule has 7 nitrogen and oxygen atoms in total. The van der Waals surface area contributed by atoms with E-state index < -0.39 is 5.76 Å². The smallest absolute Gasteiger partial charge is 0.296 e. The van der Waals surface area contributed by atoms with Crippen molar-refractivity contribution in [3.8, 4) is 22.5 Å². The van der Waals surface area contributed by atoms with Gasteiger partial charge in [0.1, 0.15) is 5.82 Å². The number of aryl methyl sites for hydroxylation is 2. The van der Waals surface area contributed by atoms with Crippen LogP contribution in [0.3, 0.4) is 0 Å². The van der Waals surface area contributed by atoms with Gasteiger partial charge < -0.3 is 0 Å². The summed E-state index contributed by atoms with van der Waals surface area (Å²) in [6.45, 7) is 11.1. The lowest BCUT2D eigenvalue weighted by Crippen LogP contribution is -2.33. The minimum atomic E-state index is -0.585. The molecule has 2 aromatic heterocycles. The molecule has 0 unspecified atom stereocenters. The van der Waals surface area contributed by atoms with Crippen LogP contribution in [0.25, 0.3) is 22.5 Å². The van der Waals surface area contributed by atoms with E-state index in [4.69, 9.17) is 9.51 Å². The van der Waals surface area contributed by atoms with Crippen LogP contribution in [0.4, 0.5) is 0 Å². The van der Waals surface area contributed by atoms with E-state index in [-0.39, 0.29) is 11.0 Å². The Morgan fingerprint density at radius 2 is 1.69 bits per heavy atom. The molecule has 36 heavy (non-hydrogen) atoms. The first-order valence-electron chi connectivity index (χ1n) is 12.5. The highest BCUT2D eigenvalue weighted by atomic mass is 16.5. The molecule has 4 aromatic rings. The molecule has 0 bridgehead atoms. The Morgan fingerprint density at radius 1 is 1.00 bits per heavy atom. The molecule has 188 valence electrons. The molecule has 0 radical (unpaired) electrons. The molecule has 0 aliphatic heterocycles. The van der Waals surface area contributed by atoms with Crippen LogP contribution in [0.5, 0.6) is 0 Å². The topological polar surface area (TPSA) is 93.8 Å². The van der Waals surface area contributed by atoms with Crippen molar-refractivity contribution in [2.45, 2.75) is 66.8 Å². The van der Waals surface area contributed by atoms with Crippen LogP contribution < -0.4 is 11.3 Å². The van der Waals surface area contributed by atoms with E-state index in [0.29, 0.717) is 18.8 Å². The number of hydrogen-bond acceptors (Lipinski definition) is 5. The Bertz CT molecular complexity index is 1450. The first kappa shape index (κ1) is 25.4. The summed E-state index contributed by atoms with van der Waals surface area (Å²) >= 11 is 0. The van der Waals surface area contributed by atoms with Gasteiger partial charge in [0.2, 0.25) is 0 Å². The van der Waals surface area contributed by atoms with Crippen molar-refractivity contribution in [3.05, 3.63) is 92.1 Å². The Hall–Kier alpha value is -3.74. The third-order valence-electron chi connectivity index (χ3n) is 6.21.